The van der Waals surface area contributed by atoms with Crippen LogP contribution in [-0.4, -0.2) is 59.5 Å². The first-order valence-electron chi connectivity index (χ1n) is 11.4. The van der Waals surface area contributed by atoms with E-state index in [9.17, 15) is 8.78 Å². The predicted octanol–water partition coefficient (Wildman–Crippen LogP) is 5.05. The third-order valence-electron chi connectivity index (χ3n) is 6.06. The Hall–Kier alpha value is -3.98. The van der Waals surface area contributed by atoms with Crippen molar-refractivity contribution < 1.29 is 8.78 Å². The Bertz CT molecular complexity index is 1470. The van der Waals surface area contributed by atoms with Gasteiger partial charge in [0.15, 0.2) is 11.6 Å². The van der Waals surface area contributed by atoms with Gasteiger partial charge in [0.05, 0.1) is 11.0 Å². The van der Waals surface area contributed by atoms with Crippen LogP contribution >= 0.6 is 0 Å². The average molecular weight is 476 g/mol. The Kier molecular flexibility index (Phi) is 6.08. The Morgan fingerprint density at radius 1 is 0.743 bits per heavy atom. The molecule has 2 aromatic heterocycles. The van der Waals surface area contributed by atoms with Gasteiger partial charge in [0.1, 0.15) is 11.6 Å². The number of hydrogen-bond acceptors (Lipinski definition) is 5. The van der Waals surface area contributed by atoms with Crippen molar-refractivity contribution in [1.82, 2.24) is 25.3 Å². The van der Waals surface area contributed by atoms with Gasteiger partial charge in [0.25, 0.3) is 0 Å². The average Bonchev–Trinajstić information content (AvgIpc) is 3.40. The first kappa shape index (κ1) is 22.8. The van der Waals surface area contributed by atoms with Gasteiger partial charge in [0.2, 0.25) is 0 Å². The molecule has 2 heterocycles. The normalized spacial score (nSPS) is 11.6. The second-order valence-corrected chi connectivity index (χ2v) is 9.06. The van der Waals surface area contributed by atoms with E-state index in [4.69, 9.17) is 0 Å². The molecule has 5 aromatic rings. The van der Waals surface area contributed by atoms with Crippen molar-refractivity contribution in [2.75, 3.05) is 44.4 Å². The molecule has 5 rings (SSSR count). The van der Waals surface area contributed by atoms with Crippen LogP contribution in [0.2, 0.25) is 0 Å². The molecule has 0 atom stereocenters. The van der Waals surface area contributed by atoms with Crippen LogP contribution in [0.15, 0.2) is 54.6 Å². The zero-order valence-corrected chi connectivity index (χ0v) is 19.9. The maximum absolute atomic E-state index is 13.6. The molecule has 7 nitrogen and oxygen atoms in total. The van der Waals surface area contributed by atoms with Crippen molar-refractivity contribution >= 4 is 39.1 Å². The minimum absolute atomic E-state index is 0.407. The van der Waals surface area contributed by atoms with Crippen LogP contribution in [0.3, 0.4) is 0 Å². The number of nitrogens with zero attached hydrogens (tertiary/aromatic N) is 4. The summed E-state index contributed by atoms with van der Waals surface area (Å²) in [6, 6.07) is 15.6. The van der Waals surface area contributed by atoms with E-state index in [1.165, 1.54) is 12.1 Å². The van der Waals surface area contributed by atoms with Crippen molar-refractivity contribution in [2.24, 2.45) is 0 Å². The van der Waals surface area contributed by atoms with Gasteiger partial charge in [-0.1, -0.05) is 6.07 Å². The number of hydrogen-bond donors (Lipinski definition) is 3. The number of nitrogens with one attached hydrogen (secondary N) is 3. The van der Waals surface area contributed by atoms with Gasteiger partial charge in [-0.2, -0.15) is 10.2 Å². The number of likely N-dealkylation sites (N-methyl/N-ethyl adjacent to an activating group) is 2. The largest absolute Gasteiger partial charge is 0.373 e. The van der Waals surface area contributed by atoms with E-state index in [1.807, 2.05) is 24.3 Å². The second-order valence-electron chi connectivity index (χ2n) is 9.06. The summed E-state index contributed by atoms with van der Waals surface area (Å²) in [5.41, 5.74) is 4.38. The molecule has 3 aromatic carbocycles. The first-order valence-corrected chi connectivity index (χ1v) is 11.4. The lowest BCUT2D eigenvalue weighted by Crippen LogP contribution is -2.28. The molecule has 35 heavy (non-hydrogen) atoms. The monoisotopic (exact) mass is 475 g/mol. The van der Waals surface area contributed by atoms with Crippen LogP contribution < -0.4 is 10.2 Å². The van der Waals surface area contributed by atoms with E-state index >= 15 is 0 Å². The van der Waals surface area contributed by atoms with Crippen LogP contribution in [0.4, 0.5) is 26.1 Å². The standard InChI is InChI=1S/C26H27F2N7/c1-34(2)8-9-35(3)20-5-6-21-24(15-20)31-32-25(21)29-26-22-13-16(4-7-23(22)30-33-26)10-17-11-18(27)14-19(28)12-17/h4-7,11-15H,8-10H2,1-3H3,(H3,29,30,31,32,33). The maximum Gasteiger partial charge on any atom is 0.161 e. The fraction of sp³-hybridized carbons (Fsp3) is 0.231. The van der Waals surface area contributed by atoms with Crippen molar-refractivity contribution in [1.29, 1.82) is 0 Å². The summed E-state index contributed by atoms with van der Waals surface area (Å²) in [6.07, 6.45) is 0.407. The number of anilines is 3. The zero-order valence-electron chi connectivity index (χ0n) is 19.9. The number of aromatic amines is 2. The molecule has 0 fully saturated rings. The molecule has 0 amide bonds. The van der Waals surface area contributed by atoms with E-state index in [-0.39, 0.29) is 0 Å². The quantitative estimate of drug-likeness (QED) is 0.293. The molecule has 0 aliphatic rings. The van der Waals surface area contributed by atoms with Crippen LogP contribution in [0.1, 0.15) is 11.1 Å². The fourth-order valence-corrected chi connectivity index (χ4v) is 4.15. The number of benzene rings is 3. The highest BCUT2D eigenvalue weighted by Gasteiger charge is 2.13. The summed E-state index contributed by atoms with van der Waals surface area (Å²) in [7, 11) is 6.20. The maximum atomic E-state index is 13.6. The topological polar surface area (TPSA) is 75.9 Å². The zero-order chi connectivity index (χ0) is 24.5. The van der Waals surface area contributed by atoms with Crippen molar-refractivity contribution in [3.05, 3.63) is 77.4 Å². The van der Waals surface area contributed by atoms with Crippen molar-refractivity contribution in [3.8, 4) is 0 Å². The number of H-pyrrole nitrogens is 2. The Balaban J connectivity index is 1.39. The molecule has 0 radical (unpaired) electrons. The number of fused-ring (bicyclic) bond motifs is 2. The lowest BCUT2D eigenvalue weighted by molar-refractivity contribution is 0.416. The summed E-state index contributed by atoms with van der Waals surface area (Å²) in [5, 5.41) is 20.2. The molecule has 0 unspecified atom stereocenters. The third-order valence-corrected chi connectivity index (χ3v) is 6.06. The summed E-state index contributed by atoms with van der Waals surface area (Å²) in [4.78, 5) is 4.36. The highest BCUT2D eigenvalue weighted by Crippen LogP contribution is 2.30. The van der Waals surface area contributed by atoms with Gasteiger partial charge in [-0.3, -0.25) is 10.2 Å². The molecule has 0 aliphatic carbocycles. The summed E-state index contributed by atoms with van der Waals surface area (Å²) in [5.74, 6) is 0.148. The van der Waals surface area contributed by atoms with Gasteiger partial charge in [-0.15, -0.1) is 0 Å². The minimum Gasteiger partial charge on any atom is -0.373 e. The number of halogens is 2. The van der Waals surface area contributed by atoms with Crippen molar-refractivity contribution in [3.63, 3.8) is 0 Å². The highest BCUT2D eigenvalue weighted by atomic mass is 19.1. The van der Waals surface area contributed by atoms with Crippen LogP contribution in [0, 0.1) is 11.6 Å². The van der Waals surface area contributed by atoms with E-state index < -0.39 is 11.6 Å². The number of rotatable bonds is 8. The molecule has 180 valence electrons. The van der Waals surface area contributed by atoms with Gasteiger partial charge >= 0.3 is 0 Å². The van der Waals surface area contributed by atoms with Gasteiger partial charge in [-0.05, 0) is 74.1 Å². The van der Waals surface area contributed by atoms with E-state index in [1.54, 1.807) is 0 Å². The fourth-order valence-electron chi connectivity index (χ4n) is 4.15. The molecule has 0 saturated heterocycles. The van der Waals surface area contributed by atoms with Gasteiger partial charge < -0.3 is 15.1 Å². The number of aromatic nitrogens is 4. The summed E-state index contributed by atoms with van der Waals surface area (Å²) >= 11 is 0. The summed E-state index contributed by atoms with van der Waals surface area (Å²) < 4.78 is 27.2. The molecule has 9 heteroatoms. The van der Waals surface area contributed by atoms with Crippen LogP contribution in [0.25, 0.3) is 21.8 Å². The lowest BCUT2D eigenvalue weighted by atomic mass is 10.0. The molecular weight excluding hydrogens is 448 g/mol. The molecule has 0 bridgehead atoms. The van der Waals surface area contributed by atoms with Crippen molar-refractivity contribution in [2.45, 2.75) is 6.42 Å². The molecular formula is C26H27F2N7. The highest BCUT2D eigenvalue weighted by molar-refractivity contribution is 5.97. The molecule has 0 aliphatic heterocycles. The molecule has 3 N–H and O–H groups in total. The molecule has 0 saturated carbocycles. The third kappa shape index (κ3) is 4.95. The SMILES string of the molecule is CN(C)CCN(C)c1ccc2c(Nc3n[nH]c4ccc(Cc5cc(F)cc(F)c5)cc34)n[nH]c2c1. The second kappa shape index (κ2) is 9.34. The van der Waals surface area contributed by atoms with E-state index in [0.29, 0.717) is 23.6 Å². The Morgan fingerprint density at radius 2 is 1.46 bits per heavy atom. The van der Waals surface area contributed by atoms with Gasteiger partial charge in [-0.25, -0.2) is 8.78 Å². The Labute approximate surface area is 201 Å². The molecule has 0 spiro atoms. The predicted molar refractivity (Wildman–Crippen MR) is 136 cm³/mol. The lowest BCUT2D eigenvalue weighted by Gasteiger charge is -2.21. The Morgan fingerprint density at radius 3 is 2.20 bits per heavy atom. The minimum atomic E-state index is -0.579. The summed E-state index contributed by atoms with van der Waals surface area (Å²) in [6.45, 7) is 1.88. The van der Waals surface area contributed by atoms with E-state index in [2.05, 4.69) is 68.8 Å². The smallest absolute Gasteiger partial charge is 0.161 e. The first-order chi connectivity index (χ1) is 16.9. The van der Waals surface area contributed by atoms with E-state index in [0.717, 1.165) is 52.2 Å². The van der Waals surface area contributed by atoms with Crippen LogP contribution in [-0.2, 0) is 6.42 Å². The van der Waals surface area contributed by atoms with Crippen LogP contribution in [0.5, 0.6) is 0 Å². The van der Waals surface area contributed by atoms with Gasteiger partial charge in [0, 0.05) is 42.7 Å².